The van der Waals surface area contributed by atoms with Crippen molar-refractivity contribution < 1.29 is 0 Å². The molecule has 0 aliphatic heterocycles. The Balaban J connectivity index is 1.86. The number of hydrogen-bond donors (Lipinski definition) is 1. The molecule has 2 aromatic rings. The van der Waals surface area contributed by atoms with Gasteiger partial charge in [0.2, 0.25) is 0 Å². The van der Waals surface area contributed by atoms with Crippen LogP contribution in [0, 0.1) is 0 Å². The van der Waals surface area contributed by atoms with Gasteiger partial charge in [0.05, 0.1) is 0 Å². The number of rotatable bonds is 3. The number of hydrogen-bond acceptors (Lipinski definition) is 2. The van der Waals surface area contributed by atoms with Crippen LogP contribution in [0.2, 0.25) is 0 Å². The molecule has 2 nitrogen and oxygen atoms in total. The summed E-state index contributed by atoms with van der Waals surface area (Å²) < 4.78 is 0. The van der Waals surface area contributed by atoms with Crippen LogP contribution in [0.5, 0.6) is 0 Å². The first-order valence-corrected chi connectivity index (χ1v) is 7.02. The summed E-state index contributed by atoms with van der Waals surface area (Å²) in [4.78, 5) is 4.55. The average molecular weight is 252 g/mol. The zero-order chi connectivity index (χ0) is 13.3. The summed E-state index contributed by atoms with van der Waals surface area (Å²) in [7, 11) is 0. The third-order valence-electron chi connectivity index (χ3n) is 4.19. The van der Waals surface area contributed by atoms with Crippen LogP contribution in [0.4, 0.5) is 0 Å². The van der Waals surface area contributed by atoms with Crippen LogP contribution in [0.3, 0.4) is 0 Å². The first kappa shape index (κ1) is 12.4. The van der Waals surface area contributed by atoms with Crippen molar-refractivity contribution >= 4 is 0 Å². The van der Waals surface area contributed by atoms with Crippen molar-refractivity contribution in [3.8, 4) is 0 Å². The van der Waals surface area contributed by atoms with E-state index in [9.17, 15) is 0 Å². The molecule has 98 valence electrons. The number of aromatic nitrogens is 1. The van der Waals surface area contributed by atoms with Crippen molar-refractivity contribution in [3.05, 3.63) is 65.0 Å². The third kappa shape index (κ3) is 2.28. The lowest BCUT2D eigenvalue weighted by atomic mass is 9.88. The summed E-state index contributed by atoms with van der Waals surface area (Å²) in [6.45, 7) is 2.15. The lowest BCUT2D eigenvalue weighted by molar-refractivity contribution is 0.434. The van der Waals surface area contributed by atoms with Crippen molar-refractivity contribution in [2.75, 3.05) is 0 Å². The Morgan fingerprint density at radius 2 is 2.05 bits per heavy atom. The van der Waals surface area contributed by atoms with Crippen molar-refractivity contribution in [2.45, 2.75) is 38.1 Å². The highest BCUT2D eigenvalue weighted by Crippen LogP contribution is 2.36. The summed E-state index contributed by atoms with van der Waals surface area (Å²) in [5.74, 6) is 0. The molecule has 1 aliphatic rings. The zero-order valence-electron chi connectivity index (χ0n) is 11.4. The van der Waals surface area contributed by atoms with Crippen molar-refractivity contribution in [3.63, 3.8) is 0 Å². The van der Waals surface area contributed by atoms with Crippen molar-refractivity contribution in [2.24, 2.45) is 5.73 Å². The van der Waals surface area contributed by atoms with Crippen LogP contribution < -0.4 is 5.73 Å². The second-order valence-corrected chi connectivity index (χ2v) is 5.50. The maximum absolute atomic E-state index is 6.63. The third-order valence-corrected chi connectivity index (χ3v) is 4.19. The van der Waals surface area contributed by atoms with E-state index < -0.39 is 0 Å². The number of fused-ring (bicyclic) bond motifs is 1. The van der Waals surface area contributed by atoms with E-state index in [-0.39, 0.29) is 5.54 Å². The van der Waals surface area contributed by atoms with Gasteiger partial charge in [-0.05, 0) is 42.0 Å². The van der Waals surface area contributed by atoms with E-state index in [0.717, 1.165) is 31.4 Å². The van der Waals surface area contributed by atoms with Gasteiger partial charge in [0.1, 0.15) is 0 Å². The van der Waals surface area contributed by atoms with Crippen LogP contribution in [0.1, 0.15) is 35.7 Å². The summed E-state index contributed by atoms with van der Waals surface area (Å²) in [5, 5.41) is 0. The van der Waals surface area contributed by atoms with Crippen molar-refractivity contribution in [1.82, 2.24) is 4.98 Å². The topological polar surface area (TPSA) is 38.9 Å². The minimum Gasteiger partial charge on any atom is -0.321 e. The molecule has 1 aromatic carbocycles. The van der Waals surface area contributed by atoms with Gasteiger partial charge in [-0.1, -0.05) is 37.3 Å². The minimum atomic E-state index is -0.239. The number of nitrogens with zero attached hydrogens (tertiary/aromatic N) is 1. The molecule has 2 N–H and O–H groups in total. The molecule has 0 fully saturated rings. The Kier molecular flexibility index (Phi) is 3.11. The highest BCUT2D eigenvalue weighted by atomic mass is 14.8. The zero-order valence-corrected chi connectivity index (χ0v) is 11.4. The molecule has 1 atom stereocenters. The monoisotopic (exact) mass is 252 g/mol. The summed E-state index contributed by atoms with van der Waals surface area (Å²) in [5.41, 5.74) is 11.5. The number of aryl methyl sites for hydroxylation is 2. The van der Waals surface area contributed by atoms with Crippen molar-refractivity contribution in [1.29, 1.82) is 0 Å². The van der Waals surface area contributed by atoms with E-state index >= 15 is 0 Å². The first-order valence-electron chi connectivity index (χ1n) is 7.02. The van der Waals surface area contributed by atoms with Gasteiger partial charge < -0.3 is 5.73 Å². The summed E-state index contributed by atoms with van der Waals surface area (Å²) in [6.07, 6.45) is 5.93. The van der Waals surface area contributed by atoms with Crippen LogP contribution in [0.15, 0.2) is 42.6 Å². The molecule has 1 heterocycles. The van der Waals surface area contributed by atoms with Gasteiger partial charge in [0, 0.05) is 23.9 Å². The highest BCUT2D eigenvalue weighted by molar-refractivity contribution is 5.39. The molecule has 0 radical (unpaired) electrons. The molecule has 0 saturated carbocycles. The van der Waals surface area contributed by atoms with Gasteiger partial charge in [0.15, 0.2) is 0 Å². The smallest absolute Gasteiger partial charge is 0.0471 e. The maximum atomic E-state index is 6.63. The van der Waals surface area contributed by atoms with Gasteiger partial charge in [-0.3, -0.25) is 4.98 Å². The van der Waals surface area contributed by atoms with Crippen LogP contribution in [0.25, 0.3) is 0 Å². The summed E-state index contributed by atoms with van der Waals surface area (Å²) >= 11 is 0. The SMILES string of the molecule is CCc1ccc(CC2(N)CCc3ccccc32)nc1. The minimum absolute atomic E-state index is 0.239. The Morgan fingerprint density at radius 1 is 1.21 bits per heavy atom. The molecule has 19 heavy (non-hydrogen) atoms. The predicted molar refractivity (Wildman–Crippen MR) is 77.9 cm³/mol. The lowest BCUT2D eigenvalue weighted by Crippen LogP contribution is -2.36. The van der Waals surface area contributed by atoms with Gasteiger partial charge in [-0.25, -0.2) is 0 Å². The van der Waals surface area contributed by atoms with E-state index in [0.29, 0.717) is 0 Å². The second kappa shape index (κ2) is 4.78. The molecule has 0 spiro atoms. The Hall–Kier alpha value is -1.67. The van der Waals surface area contributed by atoms with E-state index in [1.165, 1.54) is 16.7 Å². The molecule has 0 bridgehead atoms. The van der Waals surface area contributed by atoms with Gasteiger partial charge in [-0.15, -0.1) is 0 Å². The highest BCUT2D eigenvalue weighted by Gasteiger charge is 2.34. The molecule has 0 amide bonds. The number of benzene rings is 1. The molecule has 1 aliphatic carbocycles. The normalized spacial score (nSPS) is 21.4. The van der Waals surface area contributed by atoms with E-state index in [1.807, 2.05) is 6.20 Å². The fourth-order valence-corrected chi connectivity index (χ4v) is 2.99. The Bertz CT molecular complexity index is 574. The molecule has 2 heteroatoms. The van der Waals surface area contributed by atoms with Crippen LogP contribution >= 0.6 is 0 Å². The Labute approximate surface area is 114 Å². The number of pyridine rings is 1. The summed E-state index contributed by atoms with van der Waals surface area (Å²) in [6, 6.07) is 12.8. The molecule has 1 aromatic heterocycles. The number of nitrogens with two attached hydrogens (primary N) is 1. The van der Waals surface area contributed by atoms with E-state index in [2.05, 4.69) is 48.3 Å². The van der Waals surface area contributed by atoms with Crippen LogP contribution in [-0.2, 0) is 24.8 Å². The average Bonchev–Trinajstić information content (AvgIpc) is 2.78. The van der Waals surface area contributed by atoms with Gasteiger partial charge in [-0.2, -0.15) is 0 Å². The molecule has 3 rings (SSSR count). The first-order chi connectivity index (χ1) is 9.21. The van der Waals surface area contributed by atoms with E-state index in [4.69, 9.17) is 5.73 Å². The van der Waals surface area contributed by atoms with Crippen LogP contribution in [-0.4, -0.2) is 4.98 Å². The lowest BCUT2D eigenvalue weighted by Gasteiger charge is -2.25. The standard InChI is InChI=1S/C17H20N2/c1-2-13-7-8-15(19-12-13)11-17(18)10-9-14-5-3-4-6-16(14)17/h3-8,12H,2,9-11,18H2,1H3. The van der Waals surface area contributed by atoms with Gasteiger partial charge >= 0.3 is 0 Å². The largest absolute Gasteiger partial charge is 0.321 e. The molecular weight excluding hydrogens is 232 g/mol. The predicted octanol–water partition coefficient (Wildman–Crippen LogP) is 2.99. The van der Waals surface area contributed by atoms with Gasteiger partial charge in [0.25, 0.3) is 0 Å². The fourth-order valence-electron chi connectivity index (χ4n) is 2.99. The maximum Gasteiger partial charge on any atom is 0.0471 e. The quantitative estimate of drug-likeness (QED) is 0.912. The Morgan fingerprint density at radius 3 is 2.79 bits per heavy atom. The molecular formula is C17H20N2. The molecule has 1 unspecified atom stereocenters. The van der Waals surface area contributed by atoms with E-state index in [1.54, 1.807) is 0 Å². The second-order valence-electron chi connectivity index (χ2n) is 5.50. The fraction of sp³-hybridized carbons (Fsp3) is 0.353. The molecule has 0 saturated heterocycles.